The second-order valence-electron chi connectivity index (χ2n) is 5.53. The number of hydrazone groups is 1. The fraction of sp³-hybridized carbons (Fsp3) is 0.500. The molecule has 23 heavy (non-hydrogen) atoms. The Hall–Kier alpha value is -2.02. The molecule has 1 aliphatic rings. The fourth-order valence-corrected chi connectivity index (χ4v) is 2.29. The summed E-state index contributed by atoms with van der Waals surface area (Å²) in [6, 6.07) is 6.13. The van der Waals surface area contributed by atoms with E-state index in [-0.39, 0.29) is 17.7 Å². The molecule has 1 aromatic carbocycles. The van der Waals surface area contributed by atoms with Crippen molar-refractivity contribution in [3.05, 3.63) is 29.8 Å². The number of unbranched alkanes of at least 4 members (excludes halogenated alkanes) is 1. The molecule has 126 valence electrons. The third kappa shape index (κ3) is 3.67. The number of alkyl halides is 2. The lowest BCUT2D eigenvalue weighted by atomic mass is 10.1. The van der Waals surface area contributed by atoms with E-state index in [1.807, 2.05) is 6.92 Å². The molecule has 0 radical (unpaired) electrons. The van der Waals surface area contributed by atoms with E-state index >= 15 is 0 Å². The molecule has 1 heterocycles. The molecule has 0 fully saturated rings. The van der Waals surface area contributed by atoms with E-state index in [9.17, 15) is 18.7 Å². The smallest absolute Gasteiger partial charge is 0.287 e. The molecule has 2 rings (SSSR count). The summed E-state index contributed by atoms with van der Waals surface area (Å²) < 4.78 is 31.7. The van der Waals surface area contributed by atoms with E-state index in [1.54, 1.807) is 12.1 Å². The minimum Gasteiger partial charge on any atom is -0.494 e. The van der Waals surface area contributed by atoms with Gasteiger partial charge in [-0.05, 0) is 37.6 Å². The monoisotopic (exact) mass is 326 g/mol. The average Bonchev–Trinajstić information content (AvgIpc) is 2.84. The Morgan fingerprint density at radius 3 is 2.65 bits per heavy atom. The molecule has 1 aromatic rings. The van der Waals surface area contributed by atoms with Gasteiger partial charge >= 0.3 is 0 Å². The number of rotatable bonds is 6. The molecular weight excluding hydrogens is 306 g/mol. The van der Waals surface area contributed by atoms with Gasteiger partial charge < -0.3 is 9.84 Å². The van der Waals surface area contributed by atoms with E-state index in [1.165, 1.54) is 19.1 Å². The molecule has 0 saturated carbocycles. The van der Waals surface area contributed by atoms with E-state index in [4.69, 9.17) is 4.74 Å². The average molecular weight is 326 g/mol. The first-order chi connectivity index (χ1) is 10.9. The molecule has 1 N–H and O–H groups in total. The first-order valence-corrected chi connectivity index (χ1v) is 7.50. The minimum absolute atomic E-state index is 0.158. The van der Waals surface area contributed by atoms with E-state index in [0.717, 1.165) is 12.8 Å². The highest BCUT2D eigenvalue weighted by Crippen LogP contribution is 2.32. The molecule has 0 bridgehead atoms. The molecule has 1 aliphatic heterocycles. The van der Waals surface area contributed by atoms with Gasteiger partial charge in [-0.3, -0.25) is 4.79 Å². The molecule has 0 aromatic heterocycles. The first-order valence-electron chi connectivity index (χ1n) is 7.50. The van der Waals surface area contributed by atoms with Crippen LogP contribution in [0.1, 0.15) is 43.5 Å². The lowest BCUT2D eigenvalue weighted by Crippen LogP contribution is -2.51. The molecule has 0 unspecified atom stereocenters. The van der Waals surface area contributed by atoms with Gasteiger partial charge in [0.2, 0.25) is 5.72 Å². The number of ether oxygens (including phenoxy) is 1. The quantitative estimate of drug-likeness (QED) is 0.817. The zero-order valence-corrected chi connectivity index (χ0v) is 13.1. The number of hydrogen-bond donors (Lipinski definition) is 1. The lowest BCUT2D eigenvalue weighted by molar-refractivity contribution is -0.164. The van der Waals surface area contributed by atoms with Gasteiger partial charge in [0.15, 0.2) is 0 Å². The Morgan fingerprint density at radius 1 is 1.43 bits per heavy atom. The van der Waals surface area contributed by atoms with Crippen LogP contribution in [0.4, 0.5) is 8.78 Å². The van der Waals surface area contributed by atoms with Crippen LogP contribution in [-0.2, 0) is 0 Å². The lowest BCUT2D eigenvalue weighted by Gasteiger charge is -2.30. The van der Waals surface area contributed by atoms with E-state index < -0.39 is 18.1 Å². The number of aliphatic hydroxyl groups is 1. The molecule has 0 saturated heterocycles. The van der Waals surface area contributed by atoms with Gasteiger partial charge in [0, 0.05) is 17.7 Å². The number of nitrogens with zero attached hydrogens (tertiary/aromatic N) is 2. The molecule has 0 spiro atoms. The van der Waals surface area contributed by atoms with Crippen LogP contribution in [-0.4, -0.2) is 40.5 Å². The Labute approximate surface area is 133 Å². The first kappa shape index (κ1) is 17.3. The Balaban J connectivity index is 2.13. The van der Waals surface area contributed by atoms with Gasteiger partial charge in [-0.1, -0.05) is 13.3 Å². The topological polar surface area (TPSA) is 62.1 Å². The summed E-state index contributed by atoms with van der Waals surface area (Å²) in [5.74, 6) is -0.176. The second-order valence-corrected chi connectivity index (χ2v) is 5.53. The summed E-state index contributed by atoms with van der Waals surface area (Å²) in [4.78, 5) is 12.4. The molecule has 0 aliphatic carbocycles. The summed E-state index contributed by atoms with van der Waals surface area (Å²) in [6.07, 6.45) is -1.54. The van der Waals surface area contributed by atoms with Gasteiger partial charge in [0.05, 0.1) is 6.61 Å². The maximum absolute atomic E-state index is 13.1. The largest absolute Gasteiger partial charge is 0.494 e. The van der Waals surface area contributed by atoms with Crippen LogP contribution < -0.4 is 4.74 Å². The van der Waals surface area contributed by atoms with Crippen molar-refractivity contribution in [2.45, 2.75) is 45.3 Å². The summed E-state index contributed by atoms with van der Waals surface area (Å²) in [6.45, 7) is 4.11. The number of benzene rings is 1. The van der Waals surface area contributed by atoms with Crippen LogP contribution in [0.5, 0.6) is 5.75 Å². The molecular formula is C16H20F2N2O3. The number of amides is 1. The zero-order valence-electron chi connectivity index (χ0n) is 13.1. The van der Waals surface area contributed by atoms with Gasteiger partial charge in [-0.2, -0.15) is 10.1 Å². The predicted octanol–water partition coefficient (Wildman–Crippen LogP) is 3.04. The highest BCUT2D eigenvalue weighted by molar-refractivity contribution is 5.97. The third-order valence-electron chi connectivity index (χ3n) is 3.56. The van der Waals surface area contributed by atoms with Crippen molar-refractivity contribution in [2.24, 2.45) is 5.10 Å². The third-order valence-corrected chi connectivity index (χ3v) is 3.56. The van der Waals surface area contributed by atoms with Gasteiger partial charge in [-0.15, -0.1) is 0 Å². The van der Waals surface area contributed by atoms with Crippen molar-refractivity contribution in [1.29, 1.82) is 0 Å². The van der Waals surface area contributed by atoms with E-state index in [0.29, 0.717) is 17.4 Å². The van der Waals surface area contributed by atoms with Crippen molar-refractivity contribution in [3.63, 3.8) is 0 Å². The molecule has 7 heteroatoms. The Bertz CT molecular complexity index is 589. The van der Waals surface area contributed by atoms with Crippen LogP contribution in [0.15, 0.2) is 29.4 Å². The SMILES string of the molecule is CCCCOc1ccc(C(=O)N2N=C(C)C[C@]2(O)C(F)F)cc1. The molecule has 5 nitrogen and oxygen atoms in total. The maximum Gasteiger partial charge on any atom is 0.287 e. The van der Waals surface area contributed by atoms with Gasteiger partial charge in [0.25, 0.3) is 12.3 Å². The Morgan fingerprint density at radius 2 is 2.09 bits per heavy atom. The summed E-state index contributed by atoms with van der Waals surface area (Å²) in [5, 5.41) is 14.3. The van der Waals surface area contributed by atoms with Crippen LogP contribution in [0.25, 0.3) is 0 Å². The number of carbonyl (C=O) groups excluding carboxylic acids is 1. The van der Waals surface area contributed by atoms with Crippen LogP contribution in [0.2, 0.25) is 0 Å². The molecule has 1 atom stereocenters. The fourth-order valence-electron chi connectivity index (χ4n) is 2.29. The van der Waals surface area contributed by atoms with Crippen molar-refractivity contribution < 1.29 is 23.4 Å². The van der Waals surface area contributed by atoms with Crippen LogP contribution in [0, 0.1) is 0 Å². The van der Waals surface area contributed by atoms with Crippen molar-refractivity contribution in [1.82, 2.24) is 5.01 Å². The zero-order chi connectivity index (χ0) is 17.0. The highest BCUT2D eigenvalue weighted by atomic mass is 19.3. The van der Waals surface area contributed by atoms with Crippen molar-refractivity contribution in [3.8, 4) is 5.75 Å². The van der Waals surface area contributed by atoms with Crippen LogP contribution in [0.3, 0.4) is 0 Å². The number of halogens is 2. The van der Waals surface area contributed by atoms with Crippen molar-refractivity contribution in [2.75, 3.05) is 6.61 Å². The summed E-state index contributed by atoms with van der Waals surface area (Å²) >= 11 is 0. The minimum atomic E-state index is -3.11. The summed E-state index contributed by atoms with van der Waals surface area (Å²) in [7, 11) is 0. The summed E-state index contributed by atoms with van der Waals surface area (Å²) in [5.41, 5.74) is -2.15. The standard InChI is InChI=1S/C16H20F2N2O3/c1-3-4-9-23-13-7-5-12(6-8-13)14(21)20-16(22,15(17)18)10-11(2)19-20/h5-8,15,22H,3-4,9-10H2,1-2H3/t16-/m0/s1. The van der Waals surface area contributed by atoms with E-state index in [2.05, 4.69) is 5.10 Å². The van der Waals surface area contributed by atoms with Crippen molar-refractivity contribution >= 4 is 11.6 Å². The van der Waals surface area contributed by atoms with Gasteiger partial charge in [-0.25, -0.2) is 8.78 Å². The Kier molecular flexibility index (Phi) is 5.30. The van der Waals surface area contributed by atoms with Crippen LogP contribution >= 0.6 is 0 Å². The second kappa shape index (κ2) is 7.04. The van der Waals surface area contributed by atoms with Gasteiger partial charge in [0.1, 0.15) is 5.75 Å². The molecule has 1 amide bonds. The maximum atomic E-state index is 13.1. The predicted molar refractivity (Wildman–Crippen MR) is 81.7 cm³/mol. The number of carbonyl (C=O) groups is 1. The highest BCUT2D eigenvalue weighted by Gasteiger charge is 2.51. The number of hydrogen-bond acceptors (Lipinski definition) is 4. The normalized spacial score (nSPS) is 20.8.